The minimum Gasteiger partial charge on any atom is -0.423 e. The van der Waals surface area contributed by atoms with Gasteiger partial charge in [-0.25, -0.2) is 4.79 Å². The minimum atomic E-state index is -0.407. The summed E-state index contributed by atoms with van der Waals surface area (Å²) in [6, 6.07) is 8.22. The van der Waals surface area contributed by atoms with Crippen molar-refractivity contribution in [3.63, 3.8) is 0 Å². The van der Waals surface area contributed by atoms with Crippen LogP contribution in [0.15, 0.2) is 39.5 Å². The lowest BCUT2D eigenvalue weighted by Gasteiger charge is -2.18. The lowest BCUT2D eigenvalue weighted by atomic mass is 10.1. The number of carbonyl (C=O) groups excluding carboxylic acids is 1. The van der Waals surface area contributed by atoms with E-state index in [1.807, 2.05) is 13.8 Å². The molecule has 1 aromatic carbocycles. The van der Waals surface area contributed by atoms with Crippen molar-refractivity contribution in [2.45, 2.75) is 13.8 Å². The highest BCUT2D eigenvalue weighted by Gasteiger charge is 2.13. The highest BCUT2D eigenvalue weighted by molar-refractivity contribution is 5.97. The van der Waals surface area contributed by atoms with Crippen molar-refractivity contribution in [2.75, 3.05) is 13.1 Å². The molecular weight excluding hydrogens is 230 g/mol. The smallest absolute Gasteiger partial charge is 0.336 e. The van der Waals surface area contributed by atoms with Crippen LogP contribution in [0.1, 0.15) is 24.2 Å². The van der Waals surface area contributed by atoms with E-state index in [4.69, 9.17) is 4.42 Å². The number of hydrogen-bond donors (Lipinski definition) is 0. The zero-order chi connectivity index (χ0) is 13.1. The molecule has 1 amide bonds. The van der Waals surface area contributed by atoms with Crippen LogP contribution < -0.4 is 5.63 Å². The van der Waals surface area contributed by atoms with Gasteiger partial charge in [0.25, 0.3) is 5.91 Å². The summed E-state index contributed by atoms with van der Waals surface area (Å²) in [5.41, 5.74) is 0.580. The molecule has 0 unspecified atom stereocenters. The van der Waals surface area contributed by atoms with E-state index in [1.165, 1.54) is 6.07 Å². The summed E-state index contributed by atoms with van der Waals surface area (Å²) >= 11 is 0. The Balaban J connectivity index is 2.46. The van der Waals surface area contributed by atoms with Gasteiger partial charge < -0.3 is 9.32 Å². The molecule has 4 heteroatoms. The van der Waals surface area contributed by atoms with Gasteiger partial charge in [0.15, 0.2) is 0 Å². The Labute approximate surface area is 105 Å². The highest BCUT2D eigenvalue weighted by atomic mass is 16.4. The molecular formula is C14H15NO3. The van der Waals surface area contributed by atoms with Crippen LogP contribution >= 0.6 is 0 Å². The summed E-state index contributed by atoms with van der Waals surface area (Å²) < 4.78 is 5.07. The monoisotopic (exact) mass is 245 g/mol. The number of fused-ring (bicyclic) bond motifs is 1. The fourth-order valence-electron chi connectivity index (χ4n) is 1.89. The van der Waals surface area contributed by atoms with Crippen molar-refractivity contribution in [3.05, 3.63) is 46.3 Å². The second kappa shape index (κ2) is 5.04. The molecule has 94 valence electrons. The summed E-state index contributed by atoms with van der Waals surface area (Å²) in [6.45, 7) is 5.18. The van der Waals surface area contributed by atoms with Gasteiger partial charge in [-0.2, -0.15) is 0 Å². The predicted molar refractivity (Wildman–Crippen MR) is 69.7 cm³/mol. The van der Waals surface area contributed by atoms with Crippen molar-refractivity contribution in [2.24, 2.45) is 0 Å². The van der Waals surface area contributed by atoms with E-state index in [0.717, 1.165) is 5.39 Å². The second-order valence-corrected chi connectivity index (χ2v) is 3.98. The SMILES string of the molecule is CCN(CC)C(=O)c1ccc2ccc(=O)oc2c1. The Hall–Kier alpha value is -2.10. The third-order valence-electron chi connectivity index (χ3n) is 2.92. The van der Waals surface area contributed by atoms with E-state index < -0.39 is 5.63 Å². The first-order valence-corrected chi connectivity index (χ1v) is 5.99. The van der Waals surface area contributed by atoms with Gasteiger partial charge in [0.1, 0.15) is 5.58 Å². The van der Waals surface area contributed by atoms with Crippen LogP contribution in [-0.2, 0) is 0 Å². The van der Waals surface area contributed by atoms with E-state index in [2.05, 4.69) is 0 Å². The van der Waals surface area contributed by atoms with Crippen molar-refractivity contribution >= 4 is 16.9 Å². The van der Waals surface area contributed by atoms with Gasteiger partial charge in [0.05, 0.1) is 0 Å². The Morgan fingerprint density at radius 2 is 1.83 bits per heavy atom. The molecule has 0 aliphatic heterocycles. The fraction of sp³-hybridized carbons (Fsp3) is 0.286. The normalized spacial score (nSPS) is 10.6. The molecule has 4 nitrogen and oxygen atoms in total. The van der Waals surface area contributed by atoms with Crippen molar-refractivity contribution in [1.29, 1.82) is 0 Å². The molecule has 0 spiro atoms. The van der Waals surface area contributed by atoms with Crippen LogP contribution in [0.4, 0.5) is 0 Å². The fourth-order valence-corrected chi connectivity index (χ4v) is 1.89. The first kappa shape index (κ1) is 12.4. The van der Waals surface area contributed by atoms with Gasteiger partial charge in [-0.3, -0.25) is 4.79 Å². The molecule has 0 saturated carbocycles. The summed E-state index contributed by atoms with van der Waals surface area (Å²) in [7, 11) is 0. The molecule has 0 fully saturated rings. The van der Waals surface area contributed by atoms with Gasteiger partial charge in [-0.05, 0) is 32.0 Å². The average Bonchev–Trinajstić information content (AvgIpc) is 2.39. The maximum absolute atomic E-state index is 12.1. The Bertz CT molecular complexity index is 626. The summed E-state index contributed by atoms with van der Waals surface area (Å²) in [6.07, 6.45) is 0. The van der Waals surface area contributed by atoms with Crippen LogP contribution in [0.3, 0.4) is 0 Å². The lowest BCUT2D eigenvalue weighted by Crippen LogP contribution is -2.30. The quantitative estimate of drug-likeness (QED) is 0.779. The number of carbonyl (C=O) groups is 1. The Morgan fingerprint density at radius 1 is 1.17 bits per heavy atom. The third-order valence-corrected chi connectivity index (χ3v) is 2.92. The van der Waals surface area contributed by atoms with Crippen molar-refractivity contribution in [3.8, 4) is 0 Å². The van der Waals surface area contributed by atoms with E-state index in [1.54, 1.807) is 29.2 Å². The van der Waals surface area contributed by atoms with E-state index in [-0.39, 0.29) is 5.91 Å². The number of rotatable bonds is 3. The van der Waals surface area contributed by atoms with Crippen LogP contribution in [0.5, 0.6) is 0 Å². The van der Waals surface area contributed by atoms with Crippen LogP contribution in [0.25, 0.3) is 11.0 Å². The Morgan fingerprint density at radius 3 is 2.50 bits per heavy atom. The standard InChI is InChI=1S/C14H15NO3/c1-3-15(4-2)14(17)11-6-5-10-7-8-13(16)18-12(10)9-11/h5-9H,3-4H2,1-2H3. The molecule has 1 heterocycles. The van der Waals surface area contributed by atoms with Crippen LogP contribution in [0.2, 0.25) is 0 Å². The van der Waals surface area contributed by atoms with E-state index in [9.17, 15) is 9.59 Å². The van der Waals surface area contributed by atoms with Gasteiger partial charge in [0.2, 0.25) is 0 Å². The van der Waals surface area contributed by atoms with Gasteiger partial charge in [-0.1, -0.05) is 6.07 Å². The molecule has 0 atom stereocenters. The third kappa shape index (κ3) is 2.27. The molecule has 2 aromatic rings. The van der Waals surface area contributed by atoms with Gasteiger partial charge in [-0.15, -0.1) is 0 Å². The van der Waals surface area contributed by atoms with Crippen LogP contribution in [0, 0.1) is 0 Å². The number of hydrogen-bond acceptors (Lipinski definition) is 3. The lowest BCUT2D eigenvalue weighted by molar-refractivity contribution is 0.0773. The topological polar surface area (TPSA) is 50.5 Å². The summed E-state index contributed by atoms with van der Waals surface area (Å²) in [4.78, 5) is 25.0. The molecule has 0 radical (unpaired) electrons. The molecule has 18 heavy (non-hydrogen) atoms. The summed E-state index contributed by atoms with van der Waals surface area (Å²) in [5.74, 6) is -0.0478. The average molecular weight is 245 g/mol. The van der Waals surface area contributed by atoms with Gasteiger partial charge in [0, 0.05) is 30.1 Å². The molecule has 0 N–H and O–H groups in total. The molecule has 0 bridgehead atoms. The molecule has 0 saturated heterocycles. The summed E-state index contributed by atoms with van der Waals surface area (Å²) in [5, 5.41) is 0.811. The maximum atomic E-state index is 12.1. The minimum absolute atomic E-state index is 0.0478. The second-order valence-electron chi connectivity index (χ2n) is 3.98. The molecule has 0 aliphatic carbocycles. The zero-order valence-corrected chi connectivity index (χ0v) is 10.5. The Kier molecular flexibility index (Phi) is 3.46. The van der Waals surface area contributed by atoms with E-state index >= 15 is 0 Å². The first-order chi connectivity index (χ1) is 8.65. The molecule has 1 aromatic heterocycles. The zero-order valence-electron chi connectivity index (χ0n) is 10.5. The van der Waals surface area contributed by atoms with Crippen molar-refractivity contribution < 1.29 is 9.21 Å². The van der Waals surface area contributed by atoms with Crippen LogP contribution in [-0.4, -0.2) is 23.9 Å². The van der Waals surface area contributed by atoms with Gasteiger partial charge >= 0.3 is 5.63 Å². The highest BCUT2D eigenvalue weighted by Crippen LogP contribution is 2.15. The van der Waals surface area contributed by atoms with E-state index in [0.29, 0.717) is 24.2 Å². The molecule has 0 aliphatic rings. The maximum Gasteiger partial charge on any atom is 0.336 e. The first-order valence-electron chi connectivity index (χ1n) is 5.99. The molecule has 2 rings (SSSR count). The predicted octanol–water partition coefficient (Wildman–Crippen LogP) is 2.28. The number of amides is 1. The number of benzene rings is 1. The van der Waals surface area contributed by atoms with Crippen molar-refractivity contribution in [1.82, 2.24) is 4.90 Å². The number of nitrogens with zero attached hydrogens (tertiary/aromatic N) is 1. The largest absolute Gasteiger partial charge is 0.423 e.